The van der Waals surface area contributed by atoms with Crippen LogP contribution in [0.3, 0.4) is 0 Å². The van der Waals surface area contributed by atoms with Gasteiger partial charge in [-0.05, 0) is 40.2 Å². The molecule has 0 unspecified atom stereocenters. The molecule has 0 aliphatic heterocycles. The molecule has 0 bridgehead atoms. The zero-order valence-corrected chi connectivity index (χ0v) is 12.6. The number of nitrogens with two attached hydrogens (primary N) is 1. The number of carbonyl (C=O) groups is 1. The van der Waals surface area contributed by atoms with Crippen LogP contribution in [0.5, 0.6) is 5.75 Å². The number of anilines is 2. The Kier molecular flexibility index (Phi) is 4.81. The van der Waals surface area contributed by atoms with Gasteiger partial charge in [0.05, 0.1) is 16.9 Å². The van der Waals surface area contributed by atoms with E-state index in [0.717, 1.165) is 4.47 Å². The van der Waals surface area contributed by atoms with Crippen LogP contribution in [0.4, 0.5) is 11.4 Å². The van der Waals surface area contributed by atoms with Gasteiger partial charge < -0.3 is 15.8 Å². The Bertz CT molecular complexity index is 637. The number of ether oxygens (including phenoxy) is 1. The van der Waals surface area contributed by atoms with Crippen molar-refractivity contribution in [2.75, 3.05) is 17.7 Å². The molecule has 0 aliphatic carbocycles. The first-order valence-electron chi connectivity index (χ1n) is 5.63. The third-order valence-electron chi connectivity index (χ3n) is 2.31. The lowest BCUT2D eigenvalue weighted by Crippen LogP contribution is -2.20. The molecule has 1 aromatic heterocycles. The number of hydrogen-bond donors (Lipinski definition) is 2. The van der Waals surface area contributed by atoms with E-state index in [2.05, 4.69) is 26.2 Å². The number of halogens is 2. The van der Waals surface area contributed by atoms with E-state index in [9.17, 15) is 4.79 Å². The number of hydrogen-bond acceptors (Lipinski definition) is 4. The highest BCUT2D eigenvalue weighted by Crippen LogP contribution is 2.24. The van der Waals surface area contributed by atoms with Gasteiger partial charge in [0.15, 0.2) is 6.61 Å². The molecule has 0 saturated heterocycles. The Balaban J connectivity index is 1.94. The second-order valence-electron chi connectivity index (χ2n) is 3.91. The Morgan fingerprint density at radius 1 is 1.40 bits per heavy atom. The van der Waals surface area contributed by atoms with Crippen LogP contribution >= 0.6 is 27.5 Å². The predicted molar refractivity (Wildman–Crippen MR) is 81.9 cm³/mol. The predicted octanol–water partition coefficient (Wildman–Crippen LogP) is 3.10. The number of aromatic nitrogens is 1. The van der Waals surface area contributed by atoms with Crippen LogP contribution in [0.15, 0.2) is 41.1 Å². The van der Waals surface area contributed by atoms with E-state index in [4.69, 9.17) is 22.1 Å². The van der Waals surface area contributed by atoms with Gasteiger partial charge >= 0.3 is 0 Å². The normalized spacial score (nSPS) is 10.1. The van der Waals surface area contributed by atoms with Crippen molar-refractivity contribution in [2.45, 2.75) is 0 Å². The van der Waals surface area contributed by atoms with Crippen molar-refractivity contribution in [1.29, 1.82) is 0 Å². The lowest BCUT2D eigenvalue weighted by Gasteiger charge is -2.09. The number of nitrogens with zero attached hydrogens (tertiary/aromatic N) is 1. The molecule has 0 saturated carbocycles. The standard InChI is InChI=1S/C13H11BrClN3O2/c14-8-3-10(6-17-5-8)20-7-13(19)18-12-4-9(16)1-2-11(12)15/h1-6H,7,16H2,(H,18,19). The Morgan fingerprint density at radius 3 is 2.95 bits per heavy atom. The molecule has 0 spiro atoms. The minimum Gasteiger partial charge on any atom is -0.482 e. The first-order valence-corrected chi connectivity index (χ1v) is 6.80. The highest BCUT2D eigenvalue weighted by atomic mass is 79.9. The van der Waals surface area contributed by atoms with Gasteiger partial charge in [-0.3, -0.25) is 9.78 Å². The Hall–Kier alpha value is -1.79. The van der Waals surface area contributed by atoms with Crippen LogP contribution in [0.25, 0.3) is 0 Å². The number of benzene rings is 1. The number of nitrogens with one attached hydrogen (secondary N) is 1. The Morgan fingerprint density at radius 2 is 2.20 bits per heavy atom. The summed E-state index contributed by atoms with van der Waals surface area (Å²) in [5.74, 6) is 0.158. The van der Waals surface area contributed by atoms with Gasteiger partial charge in [0.1, 0.15) is 5.75 Å². The van der Waals surface area contributed by atoms with Crippen LogP contribution in [0, 0.1) is 0 Å². The van der Waals surface area contributed by atoms with E-state index in [1.807, 2.05) is 0 Å². The zero-order chi connectivity index (χ0) is 14.5. The summed E-state index contributed by atoms with van der Waals surface area (Å²) >= 11 is 9.22. The van der Waals surface area contributed by atoms with E-state index in [1.54, 1.807) is 30.5 Å². The molecule has 0 aliphatic rings. The fraction of sp³-hybridized carbons (Fsp3) is 0.0769. The van der Waals surface area contributed by atoms with Crippen LogP contribution in [0.1, 0.15) is 0 Å². The lowest BCUT2D eigenvalue weighted by atomic mass is 10.3. The average molecular weight is 357 g/mol. The summed E-state index contributed by atoms with van der Waals surface area (Å²) in [5, 5.41) is 3.04. The van der Waals surface area contributed by atoms with Crippen molar-refractivity contribution in [3.8, 4) is 5.75 Å². The van der Waals surface area contributed by atoms with Crippen molar-refractivity contribution < 1.29 is 9.53 Å². The van der Waals surface area contributed by atoms with Crippen LogP contribution in [-0.2, 0) is 4.79 Å². The number of rotatable bonds is 4. The van der Waals surface area contributed by atoms with Crippen molar-refractivity contribution >= 4 is 44.8 Å². The van der Waals surface area contributed by atoms with Crippen LogP contribution in [-0.4, -0.2) is 17.5 Å². The molecule has 20 heavy (non-hydrogen) atoms. The zero-order valence-electron chi connectivity index (χ0n) is 10.3. The molecular formula is C13H11BrClN3O2. The van der Waals surface area contributed by atoms with Gasteiger partial charge in [0.25, 0.3) is 5.91 Å². The quantitative estimate of drug-likeness (QED) is 0.825. The summed E-state index contributed by atoms with van der Waals surface area (Å²) < 4.78 is 6.08. The highest BCUT2D eigenvalue weighted by Gasteiger charge is 2.07. The van der Waals surface area contributed by atoms with E-state index in [1.165, 1.54) is 6.20 Å². The van der Waals surface area contributed by atoms with Crippen LogP contribution < -0.4 is 15.8 Å². The van der Waals surface area contributed by atoms with Crippen molar-refractivity contribution in [1.82, 2.24) is 4.98 Å². The summed E-state index contributed by atoms with van der Waals surface area (Å²) in [5.41, 5.74) is 6.60. The maximum atomic E-state index is 11.8. The molecular weight excluding hydrogens is 346 g/mol. The molecule has 1 aromatic carbocycles. The van der Waals surface area contributed by atoms with Crippen LogP contribution in [0.2, 0.25) is 5.02 Å². The summed E-state index contributed by atoms with van der Waals surface area (Å²) in [6.45, 7) is -0.150. The minimum absolute atomic E-state index is 0.150. The van der Waals surface area contributed by atoms with Gasteiger partial charge in [-0.2, -0.15) is 0 Å². The Labute approximate surface area is 129 Å². The SMILES string of the molecule is Nc1ccc(Cl)c(NC(=O)COc2cncc(Br)c2)c1. The summed E-state index contributed by atoms with van der Waals surface area (Å²) in [4.78, 5) is 15.7. The molecule has 7 heteroatoms. The van der Waals surface area contributed by atoms with Crippen molar-refractivity contribution in [3.63, 3.8) is 0 Å². The average Bonchev–Trinajstić information content (AvgIpc) is 2.41. The van der Waals surface area contributed by atoms with Gasteiger partial charge in [-0.25, -0.2) is 0 Å². The largest absolute Gasteiger partial charge is 0.482 e. The third kappa shape index (κ3) is 4.11. The molecule has 0 fully saturated rings. The van der Waals surface area contributed by atoms with Crippen molar-refractivity contribution in [2.24, 2.45) is 0 Å². The van der Waals surface area contributed by atoms with E-state index in [-0.39, 0.29) is 12.5 Å². The fourth-order valence-electron chi connectivity index (χ4n) is 1.45. The first kappa shape index (κ1) is 14.6. The molecule has 0 radical (unpaired) electrons. The van der Waals surface area contributed by atoms with Gasteiger partial charge in [0, 0.05) is 16.4 Å². The maximum Gasteiger partial charge on any atom is 0.262 e. The number of carbonyl (C=O) groups excluding carboxylic acids is 1. The molecule has 1 amide bonds. The fourth-order valence-corrected chi connectivity index (χ4v) is 1.95. The molecule has 2 aromatic rings. The monoisotopic (exact) mass is 355 g/mol. The van der Waals surface area contributed by atoms with E-state index in [0.29, 0.717) is 22.1 Å². The molecule has 0 atom stereocenters. The van der Waals surface area contributed by atoms with Crippen molar-refractivity contribution in [3.05, 3.63) is 46.2 Å². The summed E-state index contributed by atoms with van der Waals surface area (Å²) in [7, 11) is 0. The molecule has 3 N–H and O–H groups in total. The van der Waals surface area contributed by atoms with E-state index >= 15 is 0 Å². The molecule has 104 valence electrons. The van der Waals surface area contributed by atoms with Gasteiger partial charge in [0.2, 0.25) is 0 Å². The number of pyridine rings is 1. The number of amides is 1. The maximum absolute atomic E-state index is 11.8. The minimum atomic E-state index is -0.336. The second kappa shape index (κ2) is 6.58. The highest BCUT2D eigenvalue weighted by molar-refractivity contribution is 9.10. The first-order chi connectivity index (χ1) is 9.54. The summed E-state index contributed by atoms with van der Waals surface area (Å²) in [6, 6.07) is 6.57. The lowest BCUT2D eigenvalue weighted by molar-refractivity contribution is -0.118. The molecule has 2 rings (SSSR count). The third-order valence-corrected chi connectivity index (χ3v) is 3.08. The molecule has 5 nitrogen and oxygen atoms in total. The van der Waals surface area contributed by atoms with E-state index < -0.39 is 0 Å². The topological polar surface area (TPSA) is 77.2 Å². The number of nitrogen functional groups attached to an aromatic ring is 1. The van der Waals surface area contributed by atoms with Gasteiger partial charge in [-0.15, -0.1) is 0 Å². The van der Waals surface area contributed by atoms with Gasteiger partial charge in [-0.1, -0.05) is 11.6 Å². The summed E-state index contributed by atoms with van der Waals surface area (Å²) in [6.07, 6.45) is 3.14. The smallest absolute Gasteiger partial charge is 0.262 e. The second-order valence-corrected chi connectivity index (χ2v) is 5.24. The molecule has 1 heterocycles.